The zero-order valence-corrected chi connectivity index (χ0v) is 10.0. The Balaban J connectivity index is 2.33. The van der Waals surface area contributed by atoms with Gasteiger partial charge in [-0.05, 0) is 37.4 Å². The average molecular weight is 206 g/mol. The molecule has 0 bridgehead atoms. The van der Waals surface area contributed by atoms with Crippen molar-refractivity contribution in [3.63, 3.8) is 0 Å². The van der Waals surface area contributed by atoms with Gasteiger partial charge in [-0.15, -0.1) is 0 Å². The van der Waals surface area contributed by atoms with Crippen molar-refractivity contribution in [2.45, 2.75) is 39.7 Å². The molecule has 0 aliphatic carbocycles. The zero-order chi connectivity index (χ0) is 11.1. The summed E-state index contributed by atoms with van der Waals surface area (Å²) < 4.78 is 0. The second-order valence-corrected chi connectivity index (χ2v) is 4.31. The van der Waals surface area contributed by atoms with Crippen molar-refractivity contribution in [1.29, 1.82) is 0 Å². The number of rotatable bonds is 6. The maximum atomic E-state index is 4.13. The Bertz CT molecular complexity index is 258. The number of nitrogens with zero attached hydrogens (tertiary/aromatic N) is 1. The van der Waals surface area contributed by atoms with Crippen LogP contribution in [0.3, 0.4) is 0 Å². The minimum Gasteiger partial charge on any atom is -0.310 e. The molecule has 1 N–H and O–H groups in total. The molecule has 1 rings (SSSR count). The third-order valence-electron chi connectivity index (χ3n) is 2.74. The van der Waals surface area contributed by atoms with E-state index < -0.39 is 0 Å². The average Bonchev–Trinajstić information content (AvgIpc) is 2.27. The van der Waals surface area contributed by atoms with Gasteiger partial charge in [-0.25, -0.2) is 0 Å². The quantitative estimate of drug-likeness (QED) is 0.773. The van der Waals surface area contributed by atoms with Crippen LogP contribution in [-0.2, 0) is 0 Å². The van der Waals surface area contributed by atoms with Gasteiger partial charge in [-0.3, -0.25) is 4.98 Å². The zero-order valence-electron chi connectivity index (χ0n) is 10.0. The molecule has 0 aliphatic rings. The molecular formula is C13H22N2. The first kappa shape index (κ1) is 12.2. The smallest absolute Gasteiger partial charge is 0.0315 e. The Morgan fingerprint density at radius 3 is 2.80 bits per heavy atom. The van der Waals surface area contributed by atoms with Gasteiger partial charge in [0.2, 0.25) is 0 Å². The Morgan fingerprint density at radius 2 is 2.20 bits per heavy atom. The van der Waals surface area contributed by atoms with Crippen molar-refractivity contribution in [2.75, 3.05) is 6.54 Å². The van der Waals surface area contributed by atoms with Crippen LogP contribution in [0.4, 0.5) is 0 Å². The molecule has 1 aromatic rings. The topological polar surface area (TPSA) is 24.9 Å². The highest BCUT2D eigenvalue weighted by molar-refractivity contribution is 5.12. The number of hydrogen-bond acceptors (Lipinski definition) is 2. The third kappa shape index (κ3) is 4.43. The van der Waals surface area contributed by atoms with Gasteiger partial charge >= 0.3 is 0 Å². The van der Waals surface area contributed by atoms with Gasteiger partial charge < -0.3 is 5.32 Å². The van der Waals surface area contributed by atoms with E-state index in [-0.39, 0.29) is 0 Å². The van der Waals surface area contributed by atoms with E-state index in [2.05, 4.69) is 37.1 Å². The van der Waals surface area contributed by atoms with Crippen LogP contribution >= 0.6 is 0 Å². The monoisotopic (exact) mass is 206 g/mol. The first-order valence-corrected chi connectivity index (χ1v) is 5.87. The van der Waals surface area contributed by atoms with Gasteiger partial charge in [0.15, 0.2) is 0 Å². The maximum Gasteiger partial charge on any atom is 0.0315 e. The molecule has 0 saturated heterocycles. The molecule has 0 unspecified atom stereocenters. The molecule has 0 amide bonds. The standard InChI is InChI=1S/C13H22N2/c1-4-6-11(2)9-15-12(3)13-7-5-8-14-10-13/h5,7-8,10-12,15H,4,6,9H2,1-3H3/t11-,12-/m1/s1. The molecule has 0 aromatic carbocycles. The summed E-state index contributed by atoms with van der Waals surface area (Å²) in [5.41, 5.74) is 1.26. The summed E-state index contributed by atoms with van der Waals surface area (Å²) >= 11 is 0. The molecule has 1 aromatic heterocycles. The second kappa shape index (κ2) is 6.57. The van der Waals surface area contributed by atoms with Crippen molar-refractivity contribution >= 4 is 0 Å². The lowest BCUT2D eigenvalue weighted by Crippen LogP contribution is -2.24. The Hall–Kier alpha value is -0.890. The minimum atomic E-state index is 0.401. The SMILES string of the molecule is CCC[C@@H](C)CN[C@H](C)c1cccnc1. The first-order valence-electron chi connectivity index (χ1n) is 5.87. The van der Waals surface area contributed by atoms with Crippen LogP contribution in [-0.4, -0.2) is 11.5 Å². The molecule has 0 aliphatic heterocycles. The third-order valence-corrected chi connectivity index (χ3v) is 2.74. The lowest BCUT2D eigenvalue weighted by Gasteiger charge is -2.17. The molecule has 0 saturated carbocycles. The summed E-state index contributed by atoms with van der Waals surface area (Å²) in [5.74, 6) is 0.758. The fourth-order valence-corrected chi connectivity index (χ4v) is 1.72. The number of aromatic nitrogens is 1. The summed E-state index contributed by atoms with van der Waals surface area (Å²) in [6, 6.07) is 4.51. The van der Waals surface area contributed by atoms with E-state index in [1.54, 1.807) is 0 Å². The van der Waals surface area contributed by atoms with Crippen LogP contribution < -0.4 is 5.32 Å². The van der Waals surface area contributed by atoms with Crippen molar-refractivity contribution < 1.29 is 0 Å². The lowest BCUT2D eigenvalue weighted by atomic mass is 10.1. The highest BCUT2D eigenvalue weighted by Gasteiger charge is 2.06. The Kier molecular flexibility index (Phi) is 5.33. The van der Waals surface area contributed by atoms with Crippen molar-refractivity contribution in [1.82, 2.24) is 10.3 Å². The van der Waals surface area contributed by atoms with Gasteiger partial charge in [-0.1, -0.05) is 26.3 Å². The molecule has 0 fully saturated rings. The number of nitrogens with one attached hydrogen (secondary N) is 1. The fraction of sp³-hybridized carbons (Fsp3) is 0.615. The number of hydrogen-bond donors (Lipinski definition) is 1. The summed E-state index contributed by atoms with van der Waals surface area (Å²) in [6.07, 6.45) is 6.31. The molecule has 2 nitrogen and oxygen atoms in total. The van der Waals surface area contributed by atoms with E-state index in [0.29, 0.717) is 6.04 Å². The van der Waals surface area contributed by atoms with Gasteiger partial charge in [-0.2, -0.15) is 0 Å². The van der Waals surface area contributed by atoms with Crippen LogP contribution in [0.2, 0.25) is 0 Å². The van der Waals surface area contributed by atoms with Crippen LogP contribution in [0.1, 0.15) is 45.2 Å². The second-order valence-electron chi connectivity index (χ2n) is 4.31. The largest absolute Gasteiger partial charge is 0.310 e. The summed E-state index contributed by atoms with van der Waals surface area (Å²) in [7, 11) is 0. The van der Waals surface area contributed by atoms with Crippen LogP contribution in [0.15, 0.2) is 24.5 Å². The lowest BCUT2D eigenvalue weighted by molar-refractivity contribution is 0.443. The molecular weight excluding hydrogens is 184 g/mol. The van der Waals surface area contributed by atoms with Gasteiger partial charge in [0.1, 0.15) is 0 Å². The predicted molar refractivity (Wildman–Crippen MR) is 64.7 cm³/mol. The number of pyridine rings is 1. The van der Waals surface area contributed by atoms with E-state index in [1.807, 2.05) is 18.5 Å². The van der Waals surface area contributed by atoms with Gasteiger partial charge in [0.25, 0.3) is 0 Å². The van der Waals surface area contributed by atoms with Crippen LogP contribution in [0.5, 0.6) is 0 Å². The Morgan fingerprint density at radius 1 is 1.40 bits per heavy atom. The molecule has 0 radical (unpaired) electrons. The van der Waals surface area contributed by atoms with Gasteiger partial charge in [0.05, 0.1) is 0 Å². The van der Waals surface area contributed by atoms with Crippen molar-refractivity contribution in [3.8, 4) is 0 Å². The predicted octanol–water partition coefficient (Wildman–Crippen LogP) is 3.17. The van der Waals surface area contributed by atoms with Crippen LogP contribution in [0.25, 0.3) is 0 Å². The van der Waals surface area contributed by atoms with E-state index in [1.165, 1.54) is 18.4 Å². The van der Waals surface area contributed by atoms with E-state index in [4.69, 9.17) is 0 Å². The van der Waals surface area contributed by atoms with Crippen molar-refractivity contribution in [2.24, 2.45) is 5.92 Å². The fourth-order valence-electron chi connectivity index (χ4n) is 1.72. The maximum absolute atomic E-state index is 4.13. The van der Waals surface area contributed by atoms with E-state index in [9.17, 15) is 0 Å². The van der Waals surface area contributed by atoms with Gasteiger partial charge in [0, 0.05) is 18.4 Å². The molecule has 1 heterocycles. The molecule has 0 spiro atoms. The molecule has 84 valence electrons. The minimum absolute atomic E-state index is 0.401. The Labute approximate surface area is 93.1 Å². The normalized spacial score (nSPS) is 14.9. The van der Waals surface area contributed by atoms with Crippen LogP contribution in [0, 0.1) is 5.92 Å². The van der Waals surface area contributed by atoms with E-state index >= 15 is 0 Å². The summed E-state index contributed by atoms with van der Waals surface area (Å²) in [6.45, 7) is 7.81. The molecule has 2 atom stereocenters. The van der Waals surface area contributed by atoms with Crippen molar-refractivity contribution in [3.05, 3.63) is 30.1 Å². The molecule has 15 heavy (non-hydrogen) atoms. The highest BCUT2D eigenvalue weighted by atomic mass is 14.9. The summed E-state index contributed by atoms with van der Waals surface area (Å²) in [4.78, 5) is 4.13. The van der Waals surface area contributed by atoms with E-state index in [0.717, 1.165) is 12.5 Å². The molecule has 2 heteroatoms. The summed E-state index contributed by atoms with van der Waals surface area (Å²) in [5, 5.41) is 3.54. The highest BCUT2D eigenvalue weighted by Crippen LogP contribution is 2.11. The first-order chi connectivity index (χ1) is 7.24.